The first-order chi connectivity index (χ1) is 16.0. The topological polar surface area (TPSA) is 81.7 Å². The van der Waals surface area contributed by atoms with Crippen LogP contribution in [0.15, 0.2) is 29.2 Å². The number of benzene rings is 1. The highest BCUT2D eigenvalue weighted by Crippen LogP contribution is 2.53. The van der Waals surface area contributed by atoms with E-state index in [-0.39, 0.29) is 10.6 Å². The van der Waals surface area contributed by atoms with E-state index < -0.39 is 57.6 Å². The van der Waals surface area contributed by atoms with Gasteiger partial charge in [-0.25, -0.2) is 8.42 Å². The van der Waals surface area contributed by atoms with Crippen LogP contribution >= 0.6 is 0 Å². The number of hydrogen-bond donors (Lipinski definition) is 1. The first-order valence-corrected chi connectivity index (χ1v) is 13.7. The van der Waals surface area contributed by atoms with Crippen molar-refractivity contribution < 1.29 is 35.7 Å². The Bertz CT molecular complexity index is 1040. The van der Waals surface area contributed by atoms with Gasteiger partial charge in [-0.1, -0.05) is 12.1 Å². The monoisotopic (exact) mass is 515 g/mol. The molecule has 1 aliphatic heterocycles. The van der Waals surface area contributed by atoms with Gasteiger partial charge in [0.1, 0.15) is 6.42 Å². The number of hydrogen-bond acceptors (Lipinski definition) is 5. The van der Waals surface area contributed by atoms with Gasteiger partial charge in [-0.3, -0.25) is 4.79 Å². The number of rotatable bonds is 6. The van der Waals surface area contributed by atoms with Crippen LogP contribution in [-0.2, 0) is 23.9 Å². The molecule has 194 valence electrons. The largest absolute Gasteiger partial charge is 0.494 e. The number of amides is 1. The number of carbonyl (C=O) groups excluding carboxylic acids is 1. The minimum Gasteiger partial charge on any atom is -0.399 e. The van der Waals surface area contributed by atoms with Crippen LogP contribution in [0.1, 0.15) is 72.6 Å². The molecule has 1 aromatic rings. The number of halogens is 3. The van der Waals surface area contributed by atoms with E-state index in [1.807, 2.05) is 27.7 Å². The molecule has 5 rings (SSSR count). The summed E-state index contributed by atoms with van der Waals surface area (Å²) in [7, 11) is -4.15. The summed E-state index contributed by atoms with van der Waals surface area (Å²) in [6, 6.07) is 6.60. The Morgan fingerprint density at radius 2 is 1.43 bits per heavy atom. The summed E-state index contributed by atoms with van der Waals surface area (Å²) in [6.45, 7) is 7.82. The summed E-state index contributed by atoms with van der Waals surface area (Å²) in [5.41, 5.74) is -1.32. The molecule has 4 aliphatic rings. The zero-order chi connectivity index (χ0) is 25.9. The average Bonchev–Trinajstić information content (AvgIpc) is 2.95. The highest BCUT2D eigenvalue weighted by Gasteiger charge is 2.53. The molecule has 1 aromatic carbocycles. The molecular weight excluding hydrogens is 482 g/mol. The second-order valence-electron chi connectivity index (χ2n) is 11.5. The van der Waals surface area contributed by atoms with Crippen LogP contribution in [-0.4, -0.2) is 50.1 Å². The Kier molecular flexibility index (Phi) is 6.42. The smallest absolute Gasteiger partial charge is 0.399 e. The van der Waals surface area contributed by atoms with E-state index in [9.17, 15) is 26.4 Å². The predicted molar refractivity (Wildman–Crippen MR) is 126 cm³/mol. The molecule has 6 nitrogen and oxygen atoms in total. The van der Waals surface area contributed by atoms with Gasteiger partial charge in [0, 0.05) is 5.54 Å². The van der Waals surface area contributed by atoms with Gasteiger partial charge in [-0.2, -0.15) is 13.2 Å². The van der Waals surface area contributed by atoms with Gasteiger partial charge in [0.25, 0.3) is 0 Å². The van der Waals surface area contributed by atoms with E-state index in [1.165, 1.54) is 0 Å². The van der Waals surface area contributed by atoms with Gasteiger partial charge in [0.05, 0.1) is 21.9 Å². The lowest BCUT2D eigenvalue weighted by Gasteiger charge is -2.53. The fraction of sp³-hybridized carbons (Fsp3) is 0.708. The van der Waals surface area contributed by atoms with E-state index in [2.05, 4.69) is 5.32 Å². The summed E-state index contributed by atoms with van der Waals surface area (Å²) in [5.74, 6) is -1.02. The fourth-order valence-corrected chi connectivity index (χ4v) is 7.44. The van der Waals surface area contributed by atoms with Crippen molar-refractivity contribution in [2.75, 3.05) is 5.75 Å². The van der Waals surface area contributed by atoms with Crippen LogP contribution in [0.2, 0.25) is 0 Å². The second-order valence-corrected chi connectivity index (χ2v) is 13.5. The Morgan fingerprint density at radius 1 is 0.943 bits per heavy atom. The third-order valence-electron chi connectivity index (χ3n) is 8.43. The molecule has 3 saturated carbocycles. The van der Waals surface area contributed by atoms with Crippen molar-refractivity contribution in [1.82, 2.24) is 5.32 Å². The van der Waals surface area contributed by atoms with Crippen molar-refractivity contribution in [1.29, 1.82) is 0 Å². The normalized spacial score (nSPS) is 29.9. The van der Waals surface area contributed by atoms with Gasteiger partial charge < -0.3 is 14.6 Å². The zero-order valence-electron chi connectivity index (χ0n) is 20.6. The molecule has 11 heteroatoms. The number of alkyl halides is 3. The Labute approximate surface area is 205 Å². The first-order valence-electron chi connectivity index (χ1n) is 12.0. The second kappa shape index (κ2) is 8.48. The maximum absolute atomic E-state index is 13.3. The van der Waals surface area contributed by atoms with Crippen molar-refractivity contribution in [2.45, 2.75) is 100 Å². The van der Waals surface area contributed by atoms with Crippen LogP contribution in [0.3, 0.4) is 0 Å². The lowest BCUT2D eigenvalue weighted by atomic mass is 9.58. The molecular formula is C24H33BF3NO5S. The number of carbonyl (C=O) groups is 1. The van der Waals surface area contributed by atoms with E-state index in [0.29, 0.717) is 38.5 Å². The number of fused-ring (bicyclic) bond motifs is 3. The number of sulfone groups is 1. The zero-order valence-corrected chi connectivity index (χ0v) is 21.4. The molecule has 1 amide bonds. The maximum Gasteiger partial charge on any atom is 0.494 e. The molecule has 2 bridgehead atoms. The third kappa shape index (κ3) is 5.42. The summed E-state index contributed by atoms with van der Waals surface area (Å²) in [4.78, 5) is 12.1. The fourth-order valence-electron chi connectivity index (χ4n) is 5.49. The van der Waals surface area contributed by atoms with Crippen molar-refractivity contribution in [3.63, 3.8) is 0 Å². The van der Waals surface area contributed by atoms with Gasteiger partial charge in [0.2, 0.25) is 5.91 Å². The lowest BCUT2D eigenvalue weighted by molar-refractivity contribution is -0.156. The first kappa shape index (κ1) is 26.5. The third-order valence-corrected chi connectivity index (χ3v) is 10.4. The van der Waals surface area contributed by atoms with Crippen molar-refractivity contribution in [3.05, 3.63) is 24.3 Å². The summed E-state index contributed by atoms with van der Waals surface area (Å²) in [6.07, 6.45) is -2.87. The lowest BCUT2D eigenvalue weighted by Crippen LogP contribution is -2.58. The van der Waals surface area contributed by atoms with Gasteiger partial charge in [-0.15, -0.1) is 0 Å². The van der Waals surface area contributed by atoms with E-state index >= 15 is 0 Å². The Balaban J connectivity index is 1.40. The minimum atomic E-state index is -4.54. The molecule has 1 heterocycles. The highest BCUT2D eigenvalue weighted by molar-refractivity contribution is 7.91. The van der Waals surface area contributed by atoms with Crippen LogP contribution in [0.25, 0.3) is 0 Å². The van der Waals surface area contributed by atoms with Crippen LogP contribution in [0.5, 0.6) is 0 Å². The minimum absolute atomic E-state index is 0.0115. The molecule has 1 saturated heterocycles. The van der Waals surface area contributed by atoms with Gasteiger partial charge in [-0.05, 0) is 89.2 Å². The molecule has 0 atom stereocenters. The highest BCUT2D eigenvalue weighted by atomic mass is 32.2. The summed E-state index contributed by atoms with van der Waals surface area (Å²) < 4.78 is 76.3. The summed E-state index contributed by atoms with van der Waals surface area (Å²) >= 11 is 0. The van der Waals surface area contributed by atoms with E-state index in [0.717, 1.165) is 5.46 Å². The molecule has 3 aliphatic carbocycles. The van der Waals surface area contributed by atoms with E-state index in [1.54, 1.807) is 24.3 Å². The predicted octanol–water partition coefficient (Wildman–Crippen LogP) is 3.92. The molecule has 0 spiro atoms. The summed E-state index contributed by atoms with van der Waals surface area (Å²) in [5, 5.41) is 2.60. The van der Waals surface area contributed by atoms with Gasteiger partial charge >= 0.3 is 13.3 Å². The van der Waals surface area contributed by atoms with E-state index in [4.69, 9.17) is 9.31 Å². The molecule has 4 fully saturated rings. The molecule has 1 N–H and O–H groups in total. The van der Waals surface area contributed by atoms with Gasteiger partial charge in [0.15, 0.2) is 9.84 Å². The van der Waals surface area contributed by atoms with Crippen molar-refractivity contribution >= 4 is 28.3 Å². The molecule has 0 unspecified atom stereocenters. The average molecular weight is 515 g/mol. The van der Waals surface area contributed by atoms with Crippen molar-refractivity contribution in [2.24, 2.45) is 5.41 Å². The molecule has 0 radical (unpaired) electrons. The SMILES string of the molecule is CC1(C)OB(c2ccc(S(=O)(=O)CC34CCC(NC(=O)CC(F)(F)F)(CC3)CC4)cc2)OC1(C)C. The van der Waals surface area contributed by atoms with Crippen LogP contribution in [0, 0.1) is 5.41 Å². The van der Waals surface area contributed by atoms with Crippen LogP contribution in [0.4, 0.5) is 13.2 Å². The number of nitrogens with one attached hydrogen (secondary N) is 1. The van der Waals surface area contributed by atoms with Crippen LogP contribution < -0.4 is 10.8 Å². The maximum atomic E-state index is 13.3. The Morgan fingerprint density at radius 3 is 1.89 bits per heavy atom. The standard InChI is InChI=1S/C24H33BF3NO5S/c1-20(2)21(3,4)34-25(33-20)17-5-7-18(8-6-17)35(31,32)16-22-9-12-23(13-10-22,14-11-22)29-19(30)15-24(26,27)28/h5-8H,9-16H2,1-4H3,(H,29,30). The van der Waals surface area contributed by atoms with Crippen molar-refractivity contribution in [3.8, 4) is 0 Å². The quantitative estimate of drug-likeness (QED) is 0.581. The molecule has 0 aromatic heterocycles. The molecule has 35 heavy (non-hydrogen) atoms. The Hall–Kier alpha value is -1.59.